The molecule has 1 amide bonds. The van der Waals surface area contributed by atoms with E-state index in [2.05, 4.69) is 18.3 Å². The van der Waals surface area contributed by atoms with Gasteiger partial charge in [-0.2, -0.15) is 5.26 Å². The van der Waals surface area contributed by atoms with Gasteiger partial charge in [-0.05, 0) is 42.9 Å². The van der Waals surface area contributed by atoms with E-state index in [0.29, 0.717) is 22.0 Å². The Morgan fingerprint density at radius 1 is 1.42 bits per heavy atom. The molecule has 0 bridgehead atoms. The lowest BCUT2D eigenvalue weighted by Crippen LogP contribution is -2.12. The molecular weight excluding hydrogens is 326 g/mol. The van der Waals surface area contributed by atoms with Gasteiger partial charge in [0.1, 0.15) is 11.1 Å². The monoisotopic (exact) mass is 341 g/mol. The van der Waals surface area contributed by atoms with Crippen molar-refractivity contribution in [3.63, 3.8) is 0 Å². The minimum absolute atomic E-state index is 0.0650. The Balaban J connectivity index is 1.84. The van der Waals surface area contributed by atoms with Crippen molar-refractivity contribution in [2.75, 3.05) is 5.32 Å². The van der Waals surface area contributed by atoms with Crippen molar-refractivity contribution in [3.8, 4) is 6.07 Å². The van der Waals surface area contributed by atoms with Crippen LogP contribution in [0.15, 0.2) is 24.3 Å². The highest BCUT2D eigenvalue weighted by Crippen LogP contribution is 2.39. The zero-order valence-corrected chi connectivity index (χ0v) is 13.9. The second kappa shape index (κ2) is 6.42. The Morgan fingerprint density at radius 3 is 2.75 bits per heavy atom. The average Bonchev–Trinajstić information content (AvgIpc) is 2.90. The van der Waals surface area contributed by atoms with Crippen LogP contribution in [0.25, 0.3) is 0 Å². The maximum absolute atomic E-state index is 12.4. The van der Waals surface area contributed by atoms with Crippen LogP contribution in [-0.2, 0) is 12.8 Å². The lowest BCUT2D eigenvalue weighted by molar-refractivity contribution is -0.384. The largest absolute Gasteiger partial charge is 0.312 e. The molecule has 1 heterocycles. The van der Waals surface area contributed by atoms with Gasteiger partial charge in [-0.15, -0.1) is 11.3 Å². The molecule has 1 N–H and O–H groups in total. The fraction of sp³-hybridized carbons (Fsp3) is 0.294. The maximum Gasteiger partial charge on any atom is 0.269 e. The van der Waals surface area contributed by atoms with Gasteiger partial charge in [0.2, 0.25) is 0 Å². The molecule has 3 rings (SSSR count). The fourth-order valence-corrected chi connectivity index (χ4v) is 4.22. The molecular formula is C17H15N3O3S. The summed E-state index contributed by atoms with van der Waals surface area (Å²) in [7, 11) is 0. The number of nitriles is 1. The van der Waals surface area contributed by atoms with Gasteiger partial charge in [0.15, 0.2) is 0 Å². The Hall–Kier alpha value is -2.72. The van der Waals surface area contributed by atoms with E-state index in [-0.39, 0.29) is 11.6 Å². The summed E-state index contributed by atoms with van der Waals surface area (Å²) in [5, 5.41) is 23.5. The van der Waals surface area contributed by atoms with Crippen LogP contribution in [0.2, 0.25) is 0 Å². The molecule has 0 unspecified atom stereocenters. The Labute approximate surface area is 142 Å². The summed E-state index contributed by atoms with van der Waals surface area (Å²) in [4.78, 5) is 23.7. The van der Waals surface area contributed by atoms with Crippen LogP contribution in [0.3, 0.4) is 0 Å². The van der Waals surface area contributed by atoms with Crippen molar-refractivity contribution in [3.05, 3.63) is 55.9 Å². The smallest absolute Gasteiger partial charge is 0.269 e. The number of nitro groups is 1. The van der Waals surface area contributed by atoms with Gasteiger partial charge in [-0.1, -0.05) is 6.92 Å². The number of nitro benzene ring substituents is 1. The van der Waals surface area contributed by atoms with E-state index in [9.17, 15) is 20.2 Å². The summed E-state index contributed by atoms with van der Waals surface area (Å²) in [6.45, 7) is 2.18. The molecule has 0 fully saturated rings. The summed E-state index contributed by atoms with van der Waals surface area (Å²) >= 11 is 1.46. The van der Waals surface area contributed by atoms with Crippen molar-refractivity contribution in [1.82, 2.24) is 0 Å². The first-order valence-corrected chi connectivity index (χ1v) is 8.41. The normalized spacial score (nSPS) is 16.1. The van der Waals surface area contributed by atoms with Gasteiger partial charge >= 0.3 is 0 Å². The van der Waals surface area contributed by atoms with E-state index < -0.39 is 4.92 Å². The number of carbonyl (C=O) groups excluding carboxylic acids is 1. The summed E-state index contributed by atoms with van der Waals surface area (Å²) < 4.78 is 0. The minimum atomic E-state index is -0.510. The average molecular weight is 341 g/mol. The third-order valence-corrected chi connectivity index (χ3v) is 5.36. The standard InChI is InChI=1S/C17H15N3O3S/c1-10-2-7-13-14(9-18)17(24-15(13)8-10)19-16(21)11-3-5-12(6-4-11)20(22)23/h3-6,10H,2,7-8H2,1H3,(H,19,21)/t10-/m0/s1. The molecule has 1 aromatic carbocycles. The number of non-ortho nitro benzene ring substituents is 1. The number of benzene rings is 1. The Morgan fingerprint density at radius 2 is 2.12 bits per heavy atom. The van der Waals surface area contributed by atoms with E-state index in [1.165, 1.54) is 40.5 Å². The molecule has 122 valence electrons. The number of thiophene rings is 1. The fourth-order valence-electron chi connectivity index (χ4n) is 2.87. The van der Waals surface area contributed by atoms with Crippen LogP contribution in [0.5, 0.6) is 0 Å². The highest BCUT2D eigenvalue weighted by atomic mass is 32.1. The number of amides is 1. The molecule has 0 saturated carbocycles. The third kappa shape index (κ3) is 3.01. The second-order valence-corrected chi connectivity index (χ2v) is 7.03. The molecule has 0 spiro atoms. The van der Waals surface area contributed by atoms with Crippen LogP contribution in [0.1, 0.15) is 39.7 Å². The van der Waals surface area contributed by atoms with Crippen molar-refractivity contribution in [2.24, 2.45) is 5.92 Å². The molecule has 0 radical (unpaired) electrons. The molecule has 1 aliphatic carbocycles. The maximum atomic E-state index is 12.4. The van der Waals surface area contributed by atoms with Crippen molar-refractivity contribution < 1.29 is 9.72 Å². The zero-order valence-electron chi connectivity index (χ0n) is 13.0. The van der Waals surface area contributed by atoms with E-state index in [1.807, 2.05) is 0 Å². The summed E-state index contributed by atoms with van der Waals surface area (Å²) in [5.41, 5.74) is 1.87. The summed E-state index contributed by atoms with van der Waals surface area (Å²) in [6.07, 6.45) is 2.85. The van der Waals surface area contributed by atoms with Crippen LogP contribution >= 0.6 is 11.3 Å². The van der Waals surface area contributed by atoms with Crippen molar-refractivity contribution >= 4 is 27.9 Å². The number of nitrogens with one attached hydrogen (secondary N) is 1. The quantitative estimate of drug-likeness (QED) is 0.676. The van der Waals surface area contributed by atoms with E-state index in [0.717, 1.165) is 24.8 Å². The van der Waals surface area contributed by atoms with E-state index in [1.54, 1.807) is 0 Å². The van der Waals surface area contributed by atoms with Gasteiger partial charge in [0.05, 0.1) is 10.5 Å². The summed E-state index contributed by atoms with van der Waals surface area (Å²) in [5.74, 6) is 0.217. The number of fused-ring (bicyclic) bond motifs is 1. The minimum Gasteiger partial charge on any atom is -0.312 e. The van der Waals surface area contributed by atoms with Gasteiger partial charge in [0, 0.05) is 22.6 Å². The van der Waals surface area contributed by atoms with E-state index in [4.69, 9.17) is 0 Å². The number of rotatable bonds is 3. The Bertz CT molecular complexity index is 849. The van der Waals surface area contributed by atoms with Gasteiger partial charge in [0.25, 0.3) is 11.6 Å². The van der Waals surface area contributed by atoms with Gasteiger partial charge < -0.3 is 5.32 Å². The van der Waals surface area contributed by atoms with Gasteiger partial charge in [-0.25, -0.2) is 0 Å². The first-order chi connectivity index (χ1) is 11.5. The molecule has 0 saturated heterocycles. The zero-order chi connectivity index (χ0) is 17.3. The molecule has 2 aromatic rings. The molecule has 0 aliphatic heterocycles. The van der Waals surface area contributed by atoms with Crippen LogP contribution in [0.4, 0.5) is 10.7 Å². The number of hydrogen-bond acceptors (Lipinski definition) is 5. The van der Waals surface area contributed by atoms with Gasteiger partial charge in [-0.3, -0.25) is 14.9 Å². The van der Waals surface area contributed by atoms with Crippen LogP contribution < -0.4 is 5.32 Å². The third-order valence-electron chi connectivity index (χ3n) is 4.19. The first kappa shape index (κ1) is 16.1. The number of hydrogen-bond donors (Lipinski definition) is 1. The predicted molar refractivity (Wildman–Crippen MR) is 91.3 cm³/mol. The molecule has 7 heteroatoms. The predicted octanol–water partition coefficient (Wildman–Crippen LogP) is 3.91. The summed E-state index contributed by atoms with van der Waals surface area (Å²) in [6, 6.07) is 7.62. The number of nitrogens with zero attached hydrogens (tertiary/aromatic N) is 2. The molecule has 24 heavy (non-hydrogen) atoms. The van der Waals surface area contributed by atoms with Crippen LogP contribution in [0, 0.1) is 27.4 Å². The second-order valence-electron chi connectivity index (χ2n) is 5.93. The SMILES string of the molecule is C[C@H]1CCc2c(sc(NC(=O)c3ccc([N+](=O)[O-])cc3)c2C#N)C1. The molecule has 1 aromatic heterocycles. The molecule has 1 aliphatic rings. The first-order valence-electron chi connectivity index (χ1n) is 7.60. The lowest BCUT2D eigenvalue weighted by atomic mass is 9.88. The lowest BCUT2D eigenvalue weighted by Gasteiger charge is -2.17. The topological polar surface area (TPSA) is 96.0 Å². The highest BCUT2D eigenvalue weighted by Gasteiger charge is 2.24. The van der Waals surface area contributed by atoms with E-state index >= 15 is 0 Å². The van der Waals surface area contributed by atoms with Crippen molar-refractivity contribution in [2.45, 2.75) is 26.2 Å². The van der Waals surface area contributed by atoms with Crippen molar-refractivity contribution in [1.29, 1.82) is 5.26 Å². The molecule has 6 nitrogen and oxygen atoms in total. The Kier molecular flexibility index (Phi) is 4.32. The number of anilines is 1. The highest BCUT2D eigenvalue weighted by molar-refractivity contribution is 7.16. The molecule has 1 atom stereocenters. The van der Waals surface area contributed by atoms with Crippen LogP contribution in [-0.4, -0.2) is 10.8 Å². The number of carbonyl (C=O) groups is 1.